The van der Waals surface area contributed by atoms with Gasteiger partial charge in [0.1, 0.15) is 34.7 Å². The fourth-order valence-electron chi connectivity index (χ4n) is 23.7. The number of hydrogen-bond donors (Lipinski definition) is 7. The third kappa shape index (κ3) is 13.5. The Balaban J connectivity index is 0.000000133. The minimum Gasteiger partial charge on any atom is -0.510 e. The molecule has 2 unspecified atom stereocenters. The van der Waals surface area contributed by atoms with Gasteiger partial charge in [0.15, 0.2) is 34.4 Å². The summed E-state index contributed by atoms with van der Waals surface area (Å²) in [5.41, 5.74) is 5.58. The molecule has 0 radical (unpaired) electrons. The van der Waals surface area contributed by atoms with E-state index in [0.29, 0.717) is 53.9 Å². The van der Waals surface area contributed by atoms with E-state index < -0.39 is 75.0 Å². The first-order valence-corrected chi connectivity index (χ1v) is 39.7. The largest absolute Gasteiger partial charge is 0.510 e. The van der Waals surface area contributed by atoms with Crippen LogP contribution in [-0.4, -0.2) is 146 Å². The zero-order valence-electron chi connectivity index (χ0n) is 64.5. The van der Waals surface area contributed by atoms with Gasteiger partial charge in [0.2, 0.25) is 5.78 Å². The number of phenolic OH excluding ortho intramolecular Hbond substituents is 1. The van der Waals surface area contributed by atoms with Crippen molar-refractivity contribution in [1.29, 1.82) is 0 Å². The van der Waals surface area contributed by atoms with Gasteiger partial charge in [-0.25, -0.2) is 0 Å². The number of aliphatic hydroxyl groups is 5. The van der Waals surface area contributed by atoms with Gasteiger partial charge >= 0.3 is 5.97 Å². The summed E-state index contributed by atoms with van der Waals surface area (Å²) < 4.78 is 17.0. The van der Waals surface area contributed by atoms with Crippen LogP contribution >= 0.6 is 0 Å². The average molecular weight is 1450 g/mol. The third-order valence-electron chi connectivity index (χ3n) is 29.5. The molecule has 8 N–H and O–H groups in total. The van der Waals surface area contributed by atoms with Gasteiger partial charge in [-0.05, 0) is 241 Å². The van der Waals surface area contributed by atoms with E-state index in [4.69, 9.17) is 19.9 Å². The number of rotatable bonds is 12. The van der Waals surface area contributed by atoms with Crippen LogP contribution in [0.25, 0.3) is 0 Å². The highest BCUT2D eigenvalue weighted by Gasteiger charge is 2.67. The Kier molecular flexibility index (Phi) is 22.2. The molecule has 1 saturated heterocycles. The standard InChI is InChI=1S/C26H40O3.C22H24N2O8.C19H27NO3.C19H28O2/c1-4-5-6-7-8-24(28)29-23-12-11-21-20-10-9-18-17-19(27)13-15-25(18,2)22(20)14-16-26(21,23)3;1-21(31)8-5-4-6-11(25)12(8)16(26)13-9(21)7-10-15(24(2)3)17(27)14(20(23)30)19(29)22(10,32)18(13)28;1-12(2)7-14-11-20-6-5-13-8-18(22-3)19(23-4)9-15(13)16(20)10-17(14)21;1-18-9-7-13(20)11-12(18)3-4-14-15-5-6-17(21)19(15,2)10-8-16(14)18/h17,20-23H,4-16H2,1-3H3;4-6,9-10,15,25,27-28,31-32H,7H2,1-3H3,(H2,23,30);8-9,12,14,16H,5-7,10-11H2,1-4H3;11,14-17,21H,3-10H2,1-2H3/t20-,21-,22-,23-,25-,26-;9-,10-,15-,21+,22-;;14-,15-,16-,17-,18-,19-/m00.0/s1. The van der Waals surface area contributed by atoms with E-state index in [2.05, 4.69) is 65.5 Å². The first-order valence-electron chi connectivity index (χ1n) is 39.7. The number of Topliss-reactive ketones (excluding diaryl/α,β-unsaturated/α-hetero) is 3. The molecule has 1 amide bonds. The van der Waals surface area contributed by atoms with E-state index in [0.717, 1.165) is 119 Å². The highest BCUT2D eigenvalue weighted by Crippen LogP contribution is 2.68. The minimum atomic E-state index is -2.75. The zero-order valence-corrected chi connectivity index (χ0v) is 64.5. The van der Waals surface area contributed by atoms with Crippen molar-refractivity contribution >= 4 is 40.8 Å². The Morgan fingerprint density at radius 1 is 0.714 bits per heavy atom. The molecule has 2 aromatic rings. The molecule has 7 fully saturated rings. The van der Waals surface area contributed by atoms with Crippen molar-refractivity contribution in [2.24, 2.45) is 86.6 Å². The average Bonchev–Trinajstić information content (AvgIpc) is 0.995. The Morgan fingerprint density at radius 2 is 1.31 bits per heavy atom. The third-order valence-corrected chi connectivity index (χ3v) is 29.5. The molecule has 2 aromatic carbocycles. The number of ketones is 5. The number of unbranched alkanes of at least 4 members (excludes halogenated alkanes) is 3. The quantitative estimate of drug-likeness (QED) is 0.0590. The monoisotopic (exact) mass is 1450 g/mol. The van der Waals surface area contributed by atoms with Gasteiger partial charge in [-0.2, -0.15) is 0 Å². The summed E-state index contributed by atoms with van der Waals surface area (Å²) in [4.78, 5) is 91.2. The van der Waals surface area contributed by atoms with Crippen LogP contribution in [0, 0.1) is 80.8 Å². The van der Waals surface area contributed by atoms with E-state index >= 15 is 0 Å². The number of ether oxygens (including phenoxy) is 3. The van der Waals surface area contributed by atoms with Gasteiger partial charge in [0.25, 0.3) is 5.91 Å². The van der Waals surface area contributed by atoms with Gasteiger partial charge in [0, 0.05) is 73.6 Å². The Morgan fingerprint density at radius 3 is 1.90 bits per heavy atom. The number of phenols is 1. The number of amides is 1. The molecule has 19 heteroatoms. The van der Waals surface area contributed by atoms with Gasteiger partial charge < -0.3 is 50.6 Å². The number of primary amides is 1. The van der Waals surface area contributed by atoms with Crippen LogP contribution in [0.15, 0.2) is 76.3 Å². The predicted octanol–water partition coefficient (Wildman–Crippen LogP) is 13.3. The number of carbonyl (C=O) groups excluding carboxylic acids is 7. The molecule has 19 nitrogen and oxygen atoms in total. The highest BCUT2D eigenvalue weighted by atomic mass is 16.5. The van der Waals surface area contributed by atoms with Crippen LogP contribution in [0.1, 0.15) is 243 Å². The number of aromatic hydroxyl groups is 1. The molecule has 15 rings (SSSR count). The maximum Gasteiger partial charge on any atom is 0.306 e. The lowest BCUT2D eigenvalue weighted by atomic mass is 9.47. The molecule has 105 heavy (non-hydrogen) atoms. The number of esters is 1. The first-order chi connectivity index (χ1) is 49.6. The SMILES string of the molecule is CCCCCCC(=O)O[C@H]1CC[C@H]2[C@@H]3CCC4=CC(=O)CC[C@]4(C)[C@H]3CC[C@]12C.CN(C)[C@@H]1C(O)=C(C(N)=O)C(=O)[C@@]2(O)C(O)=C3C(=O)c4c(O)cccc4[C@@](C)(O)[C@H]3C[C@@H]12.COc1cc2c(cc1OC)C1CC(=O)C(CC(C)C)CN1CC2.C[C@]12CC[C@H]3[C@@H](CCC4=CC(=O)CC[C@@]43C)[C@@H]1CC[C@@H]2O. The van der Waals surface area contributed by atoms with Gasteiger partial charge in [-0.15, -0.1) is 0 Å². The van der Waals surface area contributed by atoms with Gasteiger partial charge in [0.05, 0.1) is 37.5 Å². The van der Waals surface area contributed by atoms with Crippen molar-refractivity contribution in [3.05, 3.63) is 98.5 Å². The number of likely N-dealkylation sites (N-methyl/N-ethyl adjacent to an activating group) is 1. The molecule has 11 aliphatic carbocycles. The summed E-state index contributed by atoms with van der Waals surface area (Å²) in [5, 5.41) is 65.5. The fraction of sp³-hybridized carbons (Fsp3) is 0.686. The fourth-order valence-corrected chi connectivity index (χ4v) is 23.7. The van der Waals surface area contributed by atoms with Crippen molar-refractivity contribution in [1.82, 2.24) is 9.80 Å². The summed E-state index contributed by atoms with van der Waals surface area (Å²) in [6.45, 7) is 19.5. The molecule has 574 valence electrons. The van der Waals surface area contributed by atoms with Crippen molar-refractivity contribution in [3.63, 3.8) is 0 Å². The van der Waals surface area contributed by atoms with E-state index in [1.165, 1.54) is 131 Å². The summed E-state index contributed by atoms with van der Waals surface area (Å²) >= 11 is 0. The second kappa shape index (κ2) is 29.8. The maximum absolute atomic E-state index is 13.3. The number of aliphatic hydroxyl groups excluding tert-OH is 3. The minimum absolute atomic E-state index is 0.0294. The van der Waals surface area contributed by atoms with E-state index in [1.807, 2.05) is 12.2 Å². The Hall–Kier alpha value is -6.51. The molecule has 0 aromatic heterocycles. The van der Waals surface area contributed by atoms with Crippen molar-refractivity contribution in [2.45, 2.75) is 251 Å². The molecule has 13 aliphatic rings. The number of methoxy groups -OCH3 is 2. The first kappa shape index (κ1) is 78.1. The summed E-state index contributed by atoms with van der Waals surface area (Å²) in [6.07, 6.45) is 29.1. The Labute approximate surface area is 621 Å². The van der Waals surface area contributed by atoms with E-state index in [-0.39, 0.29) is 69.3 Å². The number of hydrogen-bond acceptors (Lipinski definition) is 18. The van der Waals surface area contributed by atoms with Crippen molar-refractivity contribution < 1.29 is 78.4 Å². The van der Waals surface area contributed by atoms with Crippen LogP contribution in [0.5, 0.6) is 17.2 Å². The molecule has 2 aliphatic heterocycles. The summed E-state index contributed by atoms with van der Waals surface area (Å²) in [6, 6.07) is 7.40. The van der Waals surface area contributed by atoms with E-state index in [1.54, 1.807) is 14.2 Å². The second-order valence-electron chi connectivity index (χ2n) is 35.6. The number of nitrogens with zero attached hydrogens (tertiary/aromatic N) is 2. The molecule has 6 saturated carbocycles. The zero-order chi connectivity index (χ0) is 75.9. The lowest BCUT2D eigenvalue weighted by molar-refractivity contribution is -0.160. The number of nitrogens with two attached hydrogens (primary N) is 1. The molecule has 0 bridgehead atoms. The van der Waals surface area contributed by atoms with Crippen LogP contribution in [0.4, 0.5) is 0 Å². The summed E-state index contributed by atoms with van der Waals surface area (Å²) in [5.74, 6) is -0.112. The smallest absolute Gasteiger partial charge is 0.306 e. The van der Waals surface area contributed by atoms with Crippen LogP contribution < -0.4 is 15.2 Å². The summed E-state index contributed by atoms with van der Waals surface area (Å²) in [7, 11) is 6.39. The topological polar surface area (TPSA) is 301 Å². The van der Waals surface area contributed by atoms with Gasteiger partial charge in [-0.3, -0.25) is 43.4 Å². The van der Waals surface area contributed by atoms with Crippen molar-refractivity contribution in [2.75, 3.05) is 41.4 Å². The Bertz CT molecular complexity index is 3900. The lowest BCUT2D eigenvalue weighted by Crippen LogP contribution is -2.65. The number of allylic oxidation sites excluding steroid dienone is 2. The molecular weight excluding hydrogens is 1330 g/mol. The number of benzene rings is 2. The number of fused-ring (bicyclic) bond motifs is 16. The number of piperidine rings is 1. The van der Waals surface area contributed by atoms with Gasteiger partial charge in [-0.1, -0.05) is 91.0 Å². The second-order valence-corrected chi connectivity index (χ2v) is 35.6. The molecule has 19 atom stereocenters. The lowest BCUT2D eigenvalue weighted by Gasteiger charge is -2.57. The molecule has 2 heterocycles. The van der Waals surface area contributed by atoms with Crippen molar-refractivity contribution in [3.8, 4) is 17.2 Å². The molecular formula is C86H119N3O16. The van der Waals surface area contributed by atoms with E-state index in [9.17, 15) is 64.2 Å². The number of carbonyl (C=O) groups is 7. The predicted molar refractivity (Wildman–Crippen MR) is 398 cm³/mol. The maximum atomic E-state index is 13.3. The van der Waals surface area contributed by atoms with Crippen LogP contribution in [-0.2, 0) is 45.5 Å². The normalized spacial score (nSPS) is 37.7. The highest BCUT2D eigenvalue weighted by molar-refractivity contribution is 6.25. The molecule has 0 spiro atoms. The van der Waals surface area contributed by atoms with Crippen LogP contribution in [0.3, 0.4) is 0 Å². The van der Waals surface area contributed by atoms with Crippen LogP contribution in [0.2, 0.25) is 0 Å².